The first kappa shape index (κ1) is 35.8. The van der Waals surface area contributed by atoms with Crippen LogP contribution in [0, 0.1) is 3.57 Å². The van der Waals surface area contributed by atoms with Crippen LogP contribution in [0.1, 0.15) is 27.7 Å². The van der Waals surface area contributed by atoms with Crippen molar-refractivity contribution >= 4 is 130 Å². The number of thiophene rings is 2. The smallest absolute Gasteiger partial charge is 0.399 e. The van der Waals surface area contributed by atoms with E-state index in [0.29, 0.717) is 0 Å². The van der Waals surface area contributed by atoms with Gasteiger partial charge in [-0.25, -0.2) is 0 Å². The highest BCUT2D eigenvalue weighted by atomic mass is 127. The van der Waals surface area contributed by atoms with Gasteiger partial charge in [0.2, 0.25) is 0 Å². The molecule has 2 nitrogen and oxygen atoms in total. The zero-order valence-electron chi connectivity index (χ0n) is 28.0. The zero-order chi connectivity index (χ0) is 35.0. The number of hydrogen-bond donors (Lipinski definition) is 0. The van der Waals surface area contributed by atoms with Crippen LogP contribution in [-0.4, -0.2) is 18.3 Å². The fourth-order valence-electron chi connectivity index (χ4n) is 6.02. The Bertz CT molecular complexity index is 2440. The molecule has 0 atom stereocenters. The van der Waals surface area contributed by atoms with E-state index in [0.717, 1.165) is 14.4 Å². The molecule has 9 rings (SSSR count). The van der Waals surface area contributed by atoms with E-state index in [-0.39, 0.29) is 18.3 Å². The van der Waals surface area contributed by atoms with Crippen molar-refractivity contribution in [3.05, 3.63) is 146 Å². The van der Waals surface area contributed by atoms with Crippen LogP contribution in [0.15, 0.2) is 142 Å². The molecule has 0 saturated carbocycles. The third-order valence-corrected chi connectivity index (χ3v) is 13.4. The standard InChI is InChI=1S/C18H19BO2S.C18H11BrS.C6H4BrI/c1-17(2)18(3,4)21-19(20-17)14-10-7-9-13-12-8-5-6-11-15(12)22-16(13)14;19-13-6-3-5-12(11-13)14-8-4-9-16-15-7-1-2-10-17(15)20-18(14)16;7-5-2-1-3-6(8)4-5/h5-11H,1-4H3;1-11H;1-4H. The molecular formula is C42H34BBr2IO2S2. The van der Waals surface area contributed by atoms with Gasteiger partial charge in [-0.1, -0.05) is 123 Å². The largest absolute Gasteiger partial charge is 0.496 e. The van der Waals surface area contributed by atoms with E-state index < -0.39 is 0 Å². The van der Waals surface area contributed by atoms with Crippen molar-refractivity contribution in [2.45, 2.75) is 38.9 Å². The first-order valence-corrected chi connectivity index (χ1v) is 20.6. The van der Waals surface area contributed by atoms with E-state index in [4.69, 9.17) is 9.31 Å². The van der Waals surface area contributed by atoms with E-state index >= 15 is 0 Å². The Labute approximate surface area is 332 Å². The normalized spacial score (nSPS) is 14.8. The molecule has 3 heterocycles. The maximum Gasteiger partial charge on any atom is 0.496 e. The summed E-state index contributed by atoms with van der Waals surface area (Å²) in [7, 11) is -0.304. The van der Waals surface area contributed by atoms with Gasteiger partial charge in [-0.2, -0.15) is 0 Å². The van der Waals surface area contributed by atoms with Gasteiger partial charge in [0.1, 0.15) is 0 Å². The first-order chi connectivity index (χ1) is 24.0. The van der Waals surface area contributed by atoms with Gasteiger partial charge in [-0.15, -0.1) is 22.7 Å². The molecule has 250 valence electrons. The van der Waals surface area contributed by atoms with Gasteiger partial charge in [-0.05, 0) is 109 Å². The number of rotatable bonds is 2. The molecule has 1 aliphatic rings. The second-order valence-electron chi connectivity index (χ2n) is 13.1. The van der Waals surface area contributed by atoms with Crippen LogP contribution < -0.4 is 5.46 Å². The molecule has 50 heavy (non-hydrogen) atoms. The number of fused-ring (bicyclic) bond motifs is 6. The summed E-state index contributed by atoms with van der Waals surface area (Å²) in [6.07, 6.45) is 0. The third-order valence-electron chi connectivity index (χ3n) is 9.27. The van der Waals surface area contributed by atoms with Crippen LogP contribution >= 0.6 is 77.1 Å². The van der Waals surface area contributed by atoms with Crippen molar-refractivity contribution in [2.24, 2.45) is 0 Å². The van der Waals surface area contributed by atoms with Crippen LogP contribution in [0.3, 0.4) is 0 Å². The summed E-state index contributed by atoms with van der Waals surface area (Å²) >= 11 is 12.9. The summed E-state index contributed by atoms with van der Waals surface area (Å²) in [6, 6.07) is 46.8. The molecule has 8 heteroatoms. The maximum atomic E-state index is 6.24. The summed E-state index contributed by atoms with van der Waals surface area (Å²) < 4.78 is 21.3. The Morgan fingerprint density at radius 2 is 1.04 bits per heavy atom. The van der Waals surface area contributed by atoms with Gasteiger partial charge in [-0.3, -0.25) is 0 Å². The lowest BCUT2D eigenvalue weighted by Crippen LogP contribution is -2.41. The van der Waals surface area contributed by atoms with Gasteiger partial charge in [0, 0.05) is 52.9 Å². The second-order valence-corrected chi connectivity index (χ2v) is 18.3. The fourth-order valence-corrected chi connectivity index (χ4v) is 10.2. The molecule has 0 radical (unpaired) electrons. The van der Waals surface area contributed by atoms with Gasteiger partial charge in [0.25, 0.3) is 0 Å². The molecule has 0 amide bonds. The van der Waals surface area contributed by atoms with Crippen molar-refractivity contribution in [3.8, 4) is 11.1 Å². The van der Waals surface area contributed by atoms with Crippen molar-refractivity contribution in [1.82, 2.24) is 0 Å². The van der Waals surface area contributed by atoms with E-state index in [2.05, 4.69) is 203 Å². The van der Waals surface area contributed by atoms with Crippen molar-refractivity contribution < 1.29 is 9.31 Å². The molecule has 8 aromatic rings. The Morgan fingerprint density at radius 1 is 0.540 bits per heavy atom. The Kier molecular flexibility index (Phi) is 10.6. The molecule has 6 aromatic carbocycles. The second kappa shape index (κ2) is 14.8. The van der Waals surface area contributed by atoms with Crippen LogP contribution in [0.2, 0.25) is 0 Å². The molecular weight excluding hydrogens is 898 g/mol. The van der Waals surface area contributed by atoms with Gasteiger partial charge >= 0.3 is 7.12 Å². The number of halogens is 3. The SMILES string of the molecule is Brc1cccc(-c2cccc3c2sc2ccccc23)c1.Brc1cccc(I)c1.CC1(C)OB(c2cccc3c2sc2ccccc23)OC1(C)C. The van der Waals surface area contributed by atoms with Crippen molar-refractivity contribution in [3.63, 3.8) is 0 Å². The van der Waals surface area contributed by atoms with Crippen molar-refractivity contribution in [1.29, 1.82) is 0 Å². The molecule has 0 N–H and O–H groups in total. The minimum absolute atomic E-state index is 0.304. The lowest BCUT2D eigenvalue weighted by Gasteiger charge is -2.32. The minimum atomic E-state index is -0.309. The average Bonchev–Trinajstić information content (AvgIpc) is 3.73. The summed E-state index contributed by atoms with van der Waals surface area (Å²) in [5.41, 5.74) is 3.09. The van der Waals surface area contributed by atoms with Crippen LogP contribution in [0.5, 0.6) is 0 Å². The quantitative estimate of drug-likeness (QED) is 0.127. The molecule has 0 aliphatic carbocycles. The van der Waals surface area contributed by atoms with E-state index in [1.165, 1.54) is 55.0 Å². The Morgan fingerprint density at radius 3 is 1.62 bits per heavy atom. The monoisotopic (exact) mass is 930 g/mol. The van der Waals surface area contributed by atoms with E-state index in [1.54, 1.807) is 0 Å². The average molecular weight is 932 g/mol. The fraction of sp³-hybridized carbons (Fsp3) is 0.143. The Hall–Kier alpha value is -2.57. The molecule has 1 fully saturated rings. The first-order valence-electron chi connectivity index (χ1n) is 16.3. The summed E-state index contributed by atoms with van der Waals surface area (Å²) in [4.78, 5) is 0. The zero-order valence-corrected chi connectivity index (χ0v) is 35.0. The van der Waals surface area contributed by atoms with E-state index in [1.807, 2.05) is 34.8 Å². The van der Waals surface area contributed by atoms with Gasteiger partial charge in [0.15, 0.2) is 0 Å². The maximum absolute atomic E-state index is 6.24. The highest BCUT2D eigenvalue weighted by Gasteiger charge is 2.52. The molecule has 1 saturated heterocycles. The lowest BCUT2D eigenvalue weighted by molar-refractivity contribution is 0.00578. The van der Waals surface area contributed by atoms with E-state index in [9.17, 15) is 0 Å². The van der Waals surface area contributed by atoms with Crippen LogP contribution in [0.4, 0.5) is 0 Å². The number of hydrogen-bond acceptors (Lipinski definition) is 4. The summed E-state index contributed by atoms with van der Waals surface area (Å²) in [5, 5.41) is 5.29. The van der Waals surface area contributed by atoms with Gasteiger partial charge in [0.05, 0.1) is 11.2 Å². The highest BCUT2D eigenvalue weighted by Crippen LogP contribution is 2.41. The van der Waals surface area contributed by atoms with Crippen LogP contribution in [0.25, 0.3) is 51.5 Å². The van der Waals surface area contributed by atoms with Crippen LogP contribution in [-0.2, 0) is 9.31 Å². The summed E-state index contributed by atoms with van der Waals surface area (Å²) in [5.74, 6) is 0. The third kappa shape index (κ3) is 7.36. The molecule has 0 spiro atoms. The lowest BCUT2D eigenvalue weighted by atomic mass is 9.78. The predicted octanol–water partition coefficient (Wildman–Crippen LogP) is 13.9. The minimum Gasteiger partial charge on any atom is -0.399 e. The highest BCUT2D eigenvalue weighted by molar-refractivity contribution is 14.1. The molecule has 0 unspecified atom stereocenters. The van der Waals surface area contributed by atoms with Crippen molar-refractivity contribution in [2.75, 3.05) is 0 Å². The topological polar surface area (TPSA) is 18.5 Å². The predicted molar refractivity (Wildman–Crippen MR) is 234 cm³/mol. The molecule has 2 aromatic heterocycles. The van der Waals surface area contributed by atoms with Gasteiger partial charge < -0.3 is 9.31 Å². The molecule has 1 aliphatic heterocycles. The molecule has 0 bridgehead atoms. The number of benzene rings is 6. The summed E-state index contributed by atoms with van der Waals surface area (Å²) in [6.45, 7) is 8.38. The Balaban J connectivity index is 0.000000129.